The lowest BCUT2D eigenvalue weighted by atomic mass is 10.1. The number of hydrogen-bond acceptors (Lipinski definition) is 2. The van der Waals surface area contributed by atoms with E-state index < -0.39 is 0 Å². The average molecular weight is 171 g/mol. The molecule has 0 aromatic carbocycles. The van der Waals surface area contributed by atoms with Gasteiger partial charge in [-0.1, -0.05) is 18.5 Å². The molecule has 1 aromatic heterocycles. The molecule has 0 spiro atoms. The molecule has 0 amide bonds. The zero-order chi connectivity index (χ0) is 8.27. The molecule has 2 N–H and O–H groups in total. The molecule has 0 aliphatic rings. The molecule has 0 saturated carbocycles. The maximum absolute atomic E-state index is 5.88. The summed E-state index contributed by atoms with van der Waals surface area (Å²) in [6, 6.07) is 1.77. The molecule has 0 bridgehead atoms. The minimum atomic E-state index is 0.0104. The molecule has 1 unspecified atom stereocenters. The van der Waals surface area contributed by atoms with E-state index >= 15 is 0 Å². The van der Waals surface area contributed by atoms with Crippen LogP contribution in [-0.2, 0) is 0 Å². The average Bonchev–Trinajstić information content (AvgIpc) is 2.04. The van der Waals surface area contributed by atoms with Crippen molar-refractivity contribution in [3.8, 4) is 0 Å². The van der Waals surface area contributed by atoms with Crippen molar-refractivity contribution in [2.75, 3.05) is 0 Å². The van der Waals surface area contributed by atoms with Gasteiger partial charge >= 0.3 is 0 Å². The number of rotatable bonds is 2. The lowest BCUT2D eigenvalue weighted by Crippen LogP contribution is -2.09. The molecule has 1 aromatic rings. The second-order valence-corrected chi connectivity index (χ2v) is 2.82. The van der Waals surface area contributed by atoms with Gasteiger partial charge in [-0.25, -0.2) is 0 Å². The number of halogens is 1. The number of nitrogens with zero attached hydrogens (tertiary/aromatic N) is 1. The van der Waals surface area contributed by atoms with Gasteiger partial charge in [-0.05, 0) is 12.5 Å². The van der Waals surface area contributed by atoms with E-state index in [9.17, 15) is 0 Å². The second kappa shape index (κ2) is 3.69. The summed E-state index contributed by atoms with van der Waals surface area (Å²) < 4.78 is 0. The van der Waals surface area contributed by atoms with E-state index in [0.29, 0.717) is 5.02 Å². The van der Waals surface area contributed by atoms with Crippen molar-refractivity contribution in [2.24, 2.45) is 5.73 Å². The molecule has 0 aliphatic carbocycles. The quantitative estimate of drug-likeness (QED) is 0.739. The van der Waals surface area contributed by atoms with Gasteiger partial charge < -0.3 is 5.73 Å². The third-order valence-electron chi connectivity index (χ3n) is 1.64. The second-order valence-electron chi connectivity index (χ2n) is 2.41. The predicted molar refractivity (Wildman–Crippen MR) is 46.5 cm³/mol. The summed E-state index contributed by atoms with van der Waals surface area (Å²) in [5.74, 6) is 0. The summed E-state index contributed by atoms with van der Waals surface area (Å²) in [5, 5.41) is 0.703. The Balaban J connectivity index is 2.93. The highest BCUT2D eigenvalue weighted by atomic mass is 35.5. The van der Waals surface area contributed by atoms with E-state index in [4.69, 9.17) is 17.3 Å². The summed E-state index contributed by atoms with van der Waals surface area (Å²) in [6.45, 7) is 2.02. The highest BCUT2D eigenvalue weighted by Crippen LogP contribution is 2.21. The fourth-order valence-electron chi connectivity index (χ4n) is 0.882. The maximum atomic E-state index is 5.88. The van der Waals surface area contributed by atoms with Gasteiger partial charge in [0.05, 0.1) is 0 Å². The summed E-state index contributed by atoms with van der Waals surface area (Å²) in [5.41, 5.74) is 6.70. The standard InChI is InChI=1S/C8H11ClN2/c1-2-8(10)6-5-11-4-3-7(6)9/h3-5,8H,2,10H2,1H3. The van der Waals surface area contributed by atoms with Gasteiger partial charge in [-0.2, -0.15) is 0 Å². The lowest BCUT2D eigenvalue weighted by Gasteiger charge is -2.09. The SMILES string of the molecule is CCC(N)c1cnccc1Cl. The first-order valence-electron chi connectivity index (χ1n) is 3.60. The molecular formula is C8H11ClN2. The van der Waals surface area contributed by atoms with Gasteiger partial charge in [0.25, 0.3) is 0 Å². The van der Waals surface area contributed by atoms with Crippen molar-refractivity contribution < 1.29 is 0 Å². The van der Waals surface area contributed by atoms with Crippen molar-refractivity contribution in [3.05, 3.63) is 29.0 Å². The zero-order valence-corrected chi connectivity index (χ0v) is 7.17. The molecule has 2 nitrogen and oxygen atoms in total. The molecule has 60 valence electrons. The van der Waals surface area contributed by atoms with E-state index in [1.165, 1.54) is 0 Å². The van der Waals surface area contributed by atoms with Gasteiger partial charge in [-0.15, -0.1) is 0 Å². The van der Waals surface area contributed by atoms with Crippen LogP contribution in [0.25, 0.3) is 0 Å². The number of aromatic nitrogens is 1. The van der Waals surface area contributed by atoms with Crippen LogP contribution in [0.3, 0.4) is 0 Å². The summed E-state index contributed by atoms with van der Waals surface area (Å²) >= 11 is 5.88. The first kappa shape index (κ1) is 8.50. The monoisotopic (exact) mass is 170 g/mol. The number of hydrogen-bond donors (Lipinski definition) is 1. The third kappa shape index (κ3) is 1.91. The van der Waals surface area contributed by atoms with E-state index in [1.807, 2.05) is 6.92 Å². The predicted octanol–water partition coefficient (Wildman–Crippen LogP) is 2.14. The molecule has 0 radical (unpaired) electrons. The molecular weight excluding hydrogens is 160 g/mol. The lowest BCUT2D eigenvalue weighted by molar-refractivity contribution is 0.695. The Kier molecular flexibility index (Phi) is 2.85. The van der Waals surface area contributed by atoms with Crippen molar-refractivity contribution in [3.63, 3.8) is 0 Å². The minimum absolute atomic E-state index is 0.0104. The maximum Gasteiger partial charge on any atom is 0.0484 e. The first-order chi connectivity index (χ1) is 5.25. The fourth-order valence-corrected chi connectivity index (χ4v) is 1.13. The highest BCUT2D eigenvalue weighted by molar-refractivity contribution is 6.31. The van der Waals surface area contributed by atoms with Crippen LogP contribution in [0.4, 0.5) is 0 Å². The van der Waals surface area contributed by atoms with Gasteiger partial charge in [0, 0.05) is 29.0 Å². The van der Waals surface area contributed by atoms with Crippen LogP contribution < -0.4 is 5.73 Å². The van der Waals surface area contributed by atoms with Crippen LogP contribution in [0, 0.1) is 0 Å². The number of pyridine rings is 1. The summed E-state index contributed by atoms with van der Waals surface area (Å²) in [6.07, 6.45) is 4.26. The third-order valence-corrected chi connectivity index (χ3v) is 1.98. The highest BCUT2D eigenvalue weighted by Gasteiger charge is 2.06. The molecule has 1 rings (SSSR count). The van der Waals surface area contributed by atoms with Crippen LogP contribution in [0.2, 0.25) is 5.02 Å². The van der Waals surface area contributed by atoms with Gasteiger partial charge in [0.1, 0.15) is 0 Å². The first-order valence-corrected chi connectivity index (χ1v) is 3.98. The Hall–Kier alpha value is -0.600. The fraction of sp³-hybridized carbons (Fsp3) is 0.375. The summed E-state index contributed by atoms with van der Waals surface area (Å²) in [7, 11) is 0. The molecule has 0 saturated heterocycles. The largest absolute Gasteiger partial charge is 0.324 e. The van der Waals surface area contributed by atoms with Crippen LogP contribution in [-0.4, -0.2) is 4.98 Å². The Morgan fingerprint density at radius 2 is 2.45 bits per heavy atom. The molecule has 1 heterocycles. The summed E-state index contributed by atoms with van der Waals surface area (Å²) in [4.78, 5) is 3.95. The van der Waals surface area contributed by atoms with Gasteiger partial charge in [-0.3, -0.25) is 4.98 Å². The Labute approximate surface area is 71.4 Å². The topological polar surface area (TPSA) is 38.9 Å². The Bertz CT molecular complexity index is 237. The van der Waals surface area contributed by atoms with Crippen LogP contribution in [0.5, 0.6) is 0 Å². The Morgan fingerprint density at radius 1 is 1.73 bits per heavy atom. The molecule has 11 heavy (non-hydrogen) atoms. The van der Waals surface area contributed by atoms with Gasteiger partial charge in [0.2, 0.25) is 0 Å². The van der Waals surface area contributed by atoms with Crippen LogP contribution in [0.1, 0.15) is 24.9 Å². The molecule has 1 atom stereocenters. The van der Waals surface area contributed by atoms with Crippen LogP contribution >= 0.6 is 11.6 Å². The van der Waals surface area contributed by atoms with Gasteiger partial charge in [0.15, 0.2) is 0 Å². The zero-order valence-electron chi connectivity index (χ0n) is 6.42. The molecule has 3 heteroatoms. The number of nitrogens with two attached hydrogens (primary N) is 1. The normalized spacial score (nSPS) is 13.0. The molecule has 0 aliphatic heterocycles. The van der Waals surface area contributed by atoms with Crippen molar-refractivity contribution in [2.45, 2.75) is 19.4 Å². The van der Waals surface area contributed by atoms with E-state index in [2.05, 4.69) is 4.98 Å². The minimum Gasteiger partial charge on any atom is -0.324 e. The van der Waals surface area contributed by atoms with Crippen molar-refractivity contribution in [1.29, 1.82) is 0 Å². The van der Waals surface area contributed by atoms with E-state index in [0.717, 1.165) is 12.0 Å². The molecule has 0 fully saturated rings. The van der Waals surface area contributed by atoms with Crippen molar-refractivity contribution >= 4 is 11.6 Å². The van der Waals surface area contributed by atoms with Crippen molar-refractivity contribution in [1.82, 2.24) is 4.98 Å². The van der Waals surface area contributed by atoms with Crippen LogP contribution in [0.15, 0.2) is 18.5 Å². The van der Waals surface area contributed by atoms with E-state index in [-0.39, 0.29) is 6.04 Å². The van der Waals surface area contributed by atoms with E-state index in [1.54, 1.807) is 18.5 Å². The smallest absolute Gasteiger partial charge is 0.0484 e. The Morgan fingerprint density at radius 3 is 3.00 bits per heavy atom.